The van der Waals surface area contributed by atoms with Gasteiger partial charge in [0.1, 0.15) is 6.10 Å². The van der Waals surface area contributed by atoms with Crippen LogP contribution < -0.4 is 0 Å². The number of aromatic nitrogens is 2. The zero-order valence-corrected chi connectivity index (χ0v) is 14.5. The zero-order valence-electron chi connectivity index (χ0n) is 11.3. The molecule has 1 atom stereocenters. The first kappa shape index (κ1) is 15.7. The van der Waals surface area contributed by atoms with Crippen LogP contribution in [0.1, 0.15) is 22.9 Å². The Labute approximate surface area is 135 Å². The highest BCUT2D eigenvalue weighted by molar-refractivity contribution is 9.10. The van der Waals surface area contributed by atoms with E-state index < -0.39 is 6.10 Å². The second-order valence-electron chi connectivity index (χ2n) is 4.52. The average molecular weight is 404 g/mol. The largest absolute Gasteiger partial charge is 0.383 e. The number of ether oxygens (including phenoxy) is 1. The van der Waals surface area contributed by atoms with E-state index in [1.807, 2.05) is 25.1 Å². The predicted molar refractivity (Wildman–Crippen MR) is 84.7 cm³/mol. The van der Waals surface area contributed by atoms with Crippen molar-refractivity contribution in [2.24, 2.45) is 0 Å². The molecule has 0 aliphatic heterocycles. The molecule has 20 heavy (non-hydrogen) atoms. The van der Waals surface area contributed by atoms with E-state index in [4.69, 9.17) is 4.74 Å². The molecule has 0 radical (unpaired) electrons. The number of aliphatic hydroxyl groups excluding tert-OH is 1. The summed E-state index contributed by atoms with van der Waals surface area (Å²) in [5.41, 5.74) is 2.65. The summed E-state index contributed by atoms with van der Waals surface area (Å²) < 4.78 is 8.49. The van der Waals surface area contributed by atoms with Crippen molar-refractivity contribution in [1.29, 1.82) is 0 Å². The van der Waals surface area contributed by atoms with Crippen molar-refractivity contribution in [2.45, 2.75) is 19.6 Å². The van der Waals surface area contributed by atoms with Gasteiger partial charge in [0.25, 0.3) is 0 Å². The van der Waals surface area contributed by atoms with Gasteiger partial charge >= 0.3 is 0 Å². The third kappa shape index (κ3) is 3.31. The number of nitrogens with zero attached hydrogens (tertiary/aromatic N) is 2. The summed E-state index contributed by atoms with van der Waals surface area (Å²) in [5.74, 6) is 0. The van der Waals surface area contributed by atoms with Gasteiger partial charge in [0.15, 0.2) is 0 Å². The van der Waals surface area contributed by atoms with Crippen molar-refractivity contribution in [3.63, 3.8) is 0 Å². The first-order chi connectivity index (χ1) is 9.54. The molecule has 1 N–H and O–H groups in total. The molecule has 2 aromatic rings. The van der Waals surface area contributed by atoms with Gasteiger partial charge in [-0.15, -0.1) is 0 Å². The Morgan fingerprint density at radius 3 is 2.80 bits per heavy atom. The van der Waals surface area contributed by atoms with Gasteiger partial charge in [0, 0.05) is 17.1 Å². The Morgan fingerprint density at radius 2 is 2.10 bits per heavy atom. The molecular formula is C14H16Br2N2O2. The minimum atomic E-state index is -0.752. The fraction of sp³-hybridized carbons (Fsp3) is 0.357. The minimum Gasteiger partial charge on any atom is -0.383 e. The van der Waals surface area contributed by atoms with E-state index in [9.17, 15) is 5.11 Å². The predicted octanol–water partition coefficient (Wildman–Crippen LogP) is 3.44. The number of methoxy groups -OCH3 is 1. The Kier molecular flexibility index (Phi) is 5.37. The Morgan fingerprint density at radius 1 is 1.35 bits per heavy atom. The number of benzene rings is 1. The molecular weight excluding hydrogens is 388 g/mol. The molecule has 0 spiro atoms. The van der Waals surface area contributed by atoms with Gasteiger partial charge in [-0.2, -0.15) is 5.10 Å². The average Bonchev–Trinajstić information content (AvgIpc) is 2.79. The van der Waals surface area contributed by atoms with Crippen LogP contribution in [0.15, 0.2) is 33.3 Å². The molecule has 4 nitrogen and oxygen atoms in total. The molecule has 2 rings (SSSR count). The monoisotopic (exact) mass is 402 g/mol. The maximum atomic E-state index is 10.7. The molecule has 0 fully saturated rings. The van der Waals surface area contributed by atoms with Crippen molar-refractivity contribution < 1.29 is 9.84 Å². The van der Waals surface area contributed by atoms with E-state index in [0.717, 1.165) is 25.8 Å². The highest BCUT2D eigenvalue weighted by atomic mass is 79.9. The van der Waals surface area contributed by atoms with E-state index >= 15 is 0 Å². The summed E-state index contributed by atoms with van der Waals surface area (Å²) in [4.78, 5) is 0. The summed E-state index contributed by atoms with van der Waals surface area (Å²) in [5, 5.41) is 15.0. The van der Waals surface area contributed by atoms with Crippen LogP contribution in [0, 0.1) is 6.92 Å². The summed E-state index contributed by atoms with van der Waals surface area (Å²) in [6, 6.07) is 5.91. The standard InChI is InChI=1S/C14H16Br2N2O2/c1-9-3-4-11(15)10(7-9)14(19)13-12(16)8-17-18(13)5-6-20-2/h3-4,7-8,14,19H,5-6H2,1-2H3. The summed E-state index contributed by atoms with van der Waals surface area (Å²) in [7, 11) is 1.64. The van der Waals surface area contributed by atoms with E-state index in [1.165, 1.54) is 0 Å². The summed E-state index contributed by atoms with van der Waals surface area (Å²) in [6.45, 7) is 3.14. The maximum Gasteiger partial charge on any atom is 0.123 e. The van der Waals surface area contributed by atoms with Gasteiger partial charge < -0.3 is 9.84 Å². The number of aryl methyl sites for hydroxylation is 1. The van der Waals surface area contributed by atoms with Crippen molar-refractivity contribution in [2.75, 3.05) is 13.7 Å². The Balaban J connectivity index is 2.39. The minimum absolute atomic E-state index is 0.544. The van der Waals surface area contributed by atoms with E-state index in [2.05, 4.69) is 37.0 Å². The summed E-state index contributed by atoms with van der Waals surface area (Å²) in [6.07, 6.45) is 0.941. The van der Waals surface area contributed by atoms with Gasteiger partial charge in [-0.3, -0.25) is 4.68 Å². The van der Waals surface area contributed by atoms with Crippen LogP contribution in [0.2, 0.25) is 0 Å². The third-order valence-electron chi connectivity index (χ3n) is 3.05. The van der Waals surface area contributed by atoms with Crippen molar-refractivity contribution in [3.8, 4) is 0 Å². The molecule has 1 heterocycles. The molecule has 1 unspecified atom stereocenters. The van der Waals surface area contributed by atoms with Crippen LogP contribution in [0.4, 0.5) is 0 Å². The molecule has 0 amide bonds. The lowest BCUT2D eigenvalue weighted by atomic mass is 10.0. The topological polar surface area (TPSA) is 47.3 Å². The van der Waals surface area contributed by atoms with Gasteiger partial charge in [0.05, 0.1) is 29.5 Å². The van der Waals surface area contributed by atoms with Crippen LogP contribution in [0.25, 0.3) is 0 Å². The fourth-order valence-electron chi connectivity index (χ4n) is 2.02. The number of halogens is 2. The second-order valence-corrected chi connectivity index (χ2v) is 6.23. The van der Waals surface area contributed by atoms with Crippen LogP contribution in [-0.4, -0.2) is 28.6 Å². The second kappa shape index (κ2) is 6.85. The smallest absolute Gasteiger partial charge is 0.123 e. The molecule has 0 bridgehead atoms. The van der Waals surface area contributed by atoms with E-state index in [0.29, 0.717) is 13.2 Å². The van der Waals surface area contributed by atoms with Gasteiger partial charge in [-0.1, -0.05) is 33.6 Å². The van der Waals surface area contributed by atoms with Crippen molar-refractivity contribution in [1.82, 2.24) is 9.78 Å². The van der Waals surface area contributed by atoms with Crippen molar-refractivity contribution >= 4 is 31.9 Å². The first-order valence-electron chi connectivity index (χ1n) is 6.19. The molecule has 0 saturated heterocycles. The van der Waals surface area contributed by atoms with Gasteiger partial charge in [-0.05, 0) is 28.9 Å². The van der Waals surface area contributed by atoms with E-state index in [1.54, 1.807) is 18.0 Å². The molecule has 0 aliphatic rings. The van der Waals surface area contributed by atoms with Gasteiger partial charge in [-0.25, -0.2) is 0 Å². The van der Waals surface area contributed by atoms with Crippen LogP contribution in [-0.2, 0) is 11.3 Å². The molecule has 1 aromatic heterocycles. The maximum absolute atomic E-state index is 10.7. The molecule has 0 saturated carbocycles. The van der Waals surface area contributed by atoms with Crippen LogP contribution >= 0.6 is 31.9 Å². The normalized spacial score (nSPS) is 12.7. The summed E-state index contributed by atoms with van der Waals surface area (Å²) >= 11 is 6.94. The highest BCUT2D eigenvalue weighted by Crippen LogP contribution is 2.33. The number of aliphatic hydroxyl groups is 1. The SMILES string of the molecule is COCCn1ncc(Br)c1C(O)c1cc(C)ccc1Br. The Bertz CT molecular complexity index is 599. The van der Waals surface area contributed by atoms with Crippen LogP contribution in [0.5, 0.6) is 0 Å². The lowest BCUT2D eigenvalue weighted by Gasteiger charge is -2.16. The first-order valence-corrected chi connectivity index (χ1v) is 7.77. The fourth-order valence-corrected chi connectivity index (χ4v) is 3.00. The third-order valence-corrected chi connectivity index (χ3v) is 4.38. The van der Waals surface area contributed by atoms with Gasteiger partial charge in [0.2, 0.25) is 0 Å². The molecule has 6 heteroatoms. The molecule has 1 aromatic carbocycles. The van der Waals surface area contributed by atoms with Crippen molar-refractivity contribution in [3.05, 3.63) is 50.2 Å². The quantitative estimate of drug-likeness (QED) is 0.831. The molecule has 0 aliphatic carbocycles. The lowest BCUT2D eigenvalue weighted by molar-refractivity contribution is 0.171. The molecule has 108 valence electrons. The number of rotatable bonds is 5. The van der Waals surface area contributed by atoms with E-state index in [-0.39, 0.29) is 0 Å². The zero-order chi connectivity index (χ0) is 14.7. The Hall–Kier alpha value is -0.690. The number of hydrogen-bond acceptors (Lipinski definition) is 3. The highest BCUT2D eigenvalue weighted by Gasteiger charge is 2.21. The van der Waals surface area contributed by atoms with Crippen LogP contribution in [0.3, 0.4) is 0 Å². The lowest BCUT2D eigenvalue weighted by Crippen LogP contribution is -2.14. The number of hydrogen-bond donors (Lipinski definition) is 1.